The van der Waals surface area contributed by atoms with Gasteiger partial charge in [-0.2, -0.15) is 0 Å². The Labute approximate surface area is 260 Å². The van der Waals surface area contributed by atoms with Gasteiger partial charge in [-0.3, -0.25) is 9.59 Å². The van der Waals surface area contributed by atoms with Crippen LogP contribution in [0.4, 0.5) is 0 Å². The third-order valence-corrected chi connectivity index (χ3v) is 9.26. The highest BCUT2D eigenvalue weighted by atomic mass is 16.2. The number of likely N-dealkylation sites (tertiary alicyclic amines) is 2. The van der Waals surface area contributed by atoms with Gasteiger partial charge in [-0.25, -0.2) is 9.97 Å². The van der Waals surface area contributed by atoms with Crippen molar-refractivity contribution >= 4 is 11.8 Å². The monoisotopic (exact) mass is 592 g/mol. The number of H-pyrrole nitrogens is 2. The van der Waals surface area contributed by atoms with Crippen LogP contribution in [-0.2, 0) is 9.59 Å². The van der Waals surface area contributed by atoms with E-state index in [1.807, 2.05) is 29.1 Å². The first kappa shape index (κ1) is 29.9. The van der Waals surface area contributed by atoms with Gasteiger partial charge in [0, 0.05) is 25.4 Å². The number of aromatic nitrogens is 4. The molecule has 2 amide bonds. The fourth-order valence-corrected chi connectivity index (χ4v) is 6.94. The molecule has 2 N–H and O–H groups in total. The van der Waals surface area contributed by atoms with Crippen molar-refractivity contribution in [3.8, 4) is 33.6 Å². The van der Waals surface area contributed by atoms with E-state index in [-0.39, 0.29) is 29.9 Å². The van der Waals surface area contributed by atoms with Crippen molar-refractivity contribution in [2.24, 2.45) is 5.92 Å². The molecule has 0 bridgehead atoms. The van der Waals surface area contributed by atoms with Gasteiger partial charge in [0.15, 0.2) is 0 Å². The first-order valence-corrected chi connectivity index (χ1v) is 16.3. The van der Waals surface area contributed by atoms with Gasteiger partial charge in [-0.05, 0) is 67.2 Å². The number of benzene rings is 2. The van der Waals surface area contributed by atoms with Crippen molar-refractivity contribution in [3.05, 3.63) is 72.6 Å². The molecule has 2 aliphatic heterocycles. The second-order valence-corrected chi connectivity index (χ2v) is 12.7. The van der Waals surface area contributed by atoms with Crippen LogP contribution in [0, 0.1) is 5.92 Å². The predicted octanol–water partition coefficient (Wildman–Crippen LogP) is 7.70. The maximum atomic E-state index is 12.8. The molecule has 2 fully saturated rings. The van der Waals surface area contributed by atoms with Gasteiger partial charge in [0.05, 0.1) is 35.9 Å². The van der Waals surface area contributed by atoms with E-state index >= 15 is 0 Å². The summed E-state index contributed by atoms with van der Waals surface area (Å²) in [4.78, 5) is 45.9. The quantitative estimate of drug-likeness (QED) is 0.208. The molecule has 0 saturated carbocycles. The summed E-state index contributed by atoms with van der Waals surface area (Å²) in [6.45, 7) is 9.24. The standard InChI is InChI=1S/C36H44N6O2/c1-5-7-33(43)41-22-23(3)19-32(41)36-38-21-30(40-36)28-16-12-26(13-17-28)25-10-14-27(15-11-25)29-20-37-35(39-29)31-18-9-24(4)42(31)34(44)8-6-2/h10-17,20-21,23-24,31-32H,5-9,18-19,22H2,1-4H3,(H,37,39)(H,38,40)/t23?,24-,31?,32?/m0/s1. The normalized spacial score (nSPS) is 21.7. The number of rotatable bonds is 9. The fraction of sp³-hybridized carbons (Fsp3) is 0.444. The molecule has 0 aliphatic carbocycles. The average molecular weight is 593 g/mol. The molecule has 44 heavy (non-hydrogen) atoms. The van der Waals surface area contributed by atoms with Crippen LogP contribution in [0.2, 0.25) is 0 Å². The number of aromatic amines is 2. The van der Waals surface area contributed by atoms with E-state index in [2.05, 4.69) is 79.3 Å². The molecule has 3 unspecified atom stereocenters. The molecule has 4 atom stereocenters. The summed E-state index contributed by atoms with van der Waals surface area (Å²) in [6.07, 6.45) is 9.54. The minimum absolute atomic E-state index is 0.0192. The predicted molar refractivity (Wildman–Crippen MR) is 173 cm³/mol. The van der Waals surface area contributed by atoms with Crippen molar-refractivity contribution in [2.45, 2.75) is 90.8 Å². The molecule has 0 radical (unpaired) electrons. The summed E-state index contributed by atoms with van der Waals surface area (Å²) in [6, 6.07) is 17.3. The maximum Gasteiger partial charge on any atom is 0.223 e. The Hall–Kier alpha value is -4.20. The van der Waals surface area contributed by atoms with E-state index in [0.717, 1.165) is 83.9 Å². The largest absolute Gasteiger partial charge is 0.340 e. The summed E-state index contributed by atoms with van der Waals surface area (Å²) in [5.41, 5.74) is 6.34. The number of carbonyl (C=O) groups is 2. The minimum atomic E-state index is 0.0192. The van der Waals surface area contributed by atoms with E-state index in [1.165, 1.54) is 0 Å². The molecule has 2 saturated heterocycles. The molecular formula is C36H44N6O2. The Morgan fingerprint density at radius 2 is 1.23 bits per heavy atom. The summed E-state index contributed by atoms with van der Waals surface area (Å²) in [5, 5.41) is 0. The average Bonchev–Trinajstić information content (AvgIpc) is 3.84. The third kappa shape index (κ3) is 5.94. The van der Waals surface area contributed by atoms with E-state index in [9.17, 15) is 9.59 Å². The third-order valence-electron chi connectivity index (χ3n) is 9.26. The zero-order valence-electron chi connectivity index (χ0n) is 26.3. The van der Waals surface area contributed by atoms with Crippen LogP contribution in [0.1, 0.15) is 96.4 Å². The molecule has 6 rings (SSSR count). The molecular weight excluding hydrogens is 548 g/mol. The lowest BCUT2D eigenvalue weighted by Crippen LogP contribution is -2.35. The Morgan fingerprint density at radius 3 is 1.77 bits per heavy atom. The number of hydrogen-bond acceptors (Lipinski definition) is 4. The number of amides is 2. The number of nitrogens with one attached hydrogen (secondary N) is 2. The molecule has 8 nitrogen and oxygen atoms in total. The Morgan fingerprint density at radius 1 is 0.727 bits per heavy atom. The highest BCUT2D eigenvalue weighted by Crippen LogP contribution is 2.37. The van der Waals surface area contributed by atoms with E-state index in [1.54, 1.807) is 0 Å². The number of imidazole rings is 2. The maximum absolute atomic E-state index is 12.8. The first-order chi connectivity index (χ1) is 21.4. The molecule has 2 aromatic carbocycles. The zero-order valence-corrected chi connectivity index (χ0v) is 26.3. The molecule has 2 aliphatic rings. The molecule has 2 aromatic heterocycles. The molecule has 8 heteroatoms. The van der Waals surface area contributed by atoms with Crippen LogP contribution in [0.15, 0.2) is 60.9 Å². The van der Waals surface area contributed by atoms with E-state index in [4.69, 9.17) is 9.97 Å². The van der Waals surface area contributed by atoms with Crippen LogP contribution in [0.25, 0.3) is 33.6 Å². The minimum Gasteiger partial charge on any atom is -0.340 e. The van der Waals surface area contributed by atoms with Crippen molar-refractivity contribution < 1.29 is 9.59 Å². The Bertz CT molecular complexity index is 1510. The van der Waals surface area contributed by atoms with Gasteiger partial charge in [-0.1, -0.05) is 69.3 Å². The smallest absolute Gasteiger partial charge is 0.223 e. The summed E-state index contributed by atoms with van der Waals surface area (Å²) in [7, 11) is 0. The van der Waals surface area contributed by atoms with Crippen LogP contribution in [0.3, 0.4) is 0 Å². The van der Waals surface area contributed by atoms with Crippen molar-refractivity contribution in [1.82, 2.24) is 29.7 Å². The van der Waals surface area contributed by atoms with Gasteiger partial charge in [0.25, 0.3) is 0 Å². The van der Waals surface area contributed by atoms with Gasteiger partial charge >= 0.3 is 0 Å². The summed E-state index contributed by atoms with van der Waals surface area (Å²) < 4.78 is 0. The van der Waals surface area contributed by atoms with Crippen LogP contribution >= 0.6 is 0 Å². The van der Waals surface area contributed by atoms with Crippen molar-refractivity contribution in [1.29, 1.82) is 0 Å². The first-order valence-electron chi connectivity index (χ1n) is 16.3. The lowest BCUT2D eigenvalue weighted by molar-refractivity contribution is -0.134. The summed E-state index contributed by atoms with van der Waals surface area (Å²) >= 11 is 0. The van der Waals surface area contributed by atoms with Crippen molar-refractivity contribution in [2.75, 3.05) is 6.54 Å². The lowest BCUT2D eigenvalue weighted by atomic mass is 10.0. The SMILES string of the molecule is CCCC(=O)N1CC(C)CC1c1ncc(-c2ccc(-c3ccc(-c4cnc(C5CC[C@H](C)N5C(=O)CCC)[nH]4)cc3)cc2)[nH]1. The lowest BCUT2D eigenvalue weighted by Gasteiger charge is -2.27. The highest BCUT2D eigenvalue weighted by Gasteiger charge is 2.37. The van der Waals surface area contributed by atoms with E-state index in [0.29, 0.717) is 18.8 Å². The van der Waals surface area contributed by atoms with Crippen LogP contribution in [0.5, 0.6) is 0 Å². The highest BCUT2D eigenvalue weighted by molar-refractivity contribution is 5.78. The Kier molecular flexibility index (Phi) is 8.69. The number of nitrogens with zero attached hydrogens (tertiary/aromatic N) is 4. The molecule has 4 heterocycles. The summed E-state index contributed by atoms with van der Waals surface area (Å²) in [5.74, 6) is 2.66. The van der Waals surface area contributed by atoms with Crippen LogP contribution in [-0.4, -0.2) is 54.1 Å². The second-order valence-electron chi connectivity index (χ2n) is 12.7. The van der Waals surface area contributed by atoms with Gasteiger partial charge in [0.1, 0.15) is 11.6 Å². The zero-order chi connectivity index (χ0) is 30.8. The Balaban J connectivity index is 1.13. The number of carbonyl (C=O) groups excluding carboxylic acids is 2. The molecule has 0 spiro atoms. The van der Waals surface area contributed by atoms with Gasteiger partial charge < -0.3 is 19.8 Å². The van der Waals surface area contributed by atoms with Crippen LogP contribution < -0.4 is 0 Å². The molecule has 230 valence electrons. The fourth-order valence-electron chi connectivity index (χ4n) is 6.94. The van der Waals surface area contributed by atoms with Crippen molar-refractivity contribution in [3.63, 3.8) is 0 Å². The van der Waals surface area contributed by atoms with E-state index < -0.39 is 0 Å². The second kappa shape index (κ2) is 12.8. The number of hydrogen-bond donors (Lipinski definition) is 2. The van der Waals surface area contributed by atoms with Gasteiger partial charge in [0.2, 0.25) is 11.8 Å². The topological polar surface area (TPSA) is 98.0 Å². The van der Waals surface area contributed by atoms with Gasteiger partial charge in [-0.15, -0.1) is 0 Å². The molecule has 4 aromatic rings.